The molecule has 0 radical (unpaired) electrons. The van der Waals surface area contributed by atoms with E-state index in [1.54, 1.807) is 11.6 Å². The van der Waals surface area contributed by atoms with E-state index in [-0.39, 0.29) is 12.5 Å². The van der Waals surface area contributed by atoms with Crippen LogP contribution >= 0.6 is 0 Å². The molecule has 2 N–H and O–H groups in total. The number of rotatable bonds is 6. The second-order valence-electron chi connectivity index (χ2n) is 5.74. The van der Waals surface area contributed by atoms with Gasteiger partial charge in [-0.1, -0.05) is 30.3 Å². The third-order valence-corrected chi connectivity index (χ3v) is 3.66. The van der Waals surface area contributed by atoms with E-state index >= 15 is 0 Å². The highest BCUT2D eigenvalue weighted by atomic mass is 16.4. The molecule has 0 aliphatic carbocycles. The summed E-state index contributed by atoms with van der Waals surface area (Å²) >= 11 is 0. The average Bonchev–Trinajstić information content (AvgIpc) is 2.89. The molecule has 0 saturated carbocycles. The van der Waals surface area contributed by atoms with E-state index in [1.807, 2.05) is 44.2 Å². The molecule has 1 heterocycles. The van der Waals surface area contributed by atoms with E-state index in [1.165, 1.54) is 6.20 Å². The summed E-state index contributed by atoms with van der Waals surface area (Å²) < 4.78 is 1.74. The van der Waals surface area contributed by atoms with Crippen molar-refractivity contribution in [2.75, 3.05) is 0 Å². The normalized spacial score (nSPS) is 12.2. The van der Waals surface area contributed by atoms with Gasteiger partial charge in [0, 0.05) is 18.2 Å². The zero-order valence-electron chi connectivity index (χ0n) is 13.5. The molecule has 23 heavy (non-hydrogen) atoms. The summed E-state index contributed by atoms with van der Waals surface area (Å²) in [4.78, 5) is 23.8. The van der Waals surface area contributed by atoms with Gasteiger partial charge in [-0.2, -0.15) is 5.10 Å². The lowest BCUT2D eigenvalue weighted by Crippen LogP contribution is -2.42. The van der Waals surface area contributed by atoms with Gasteiger partial charge in [0.15, 0.2) is 0 Å². The molecular formula is C17H21N3O3. The molecule has 0 unspecified atom stereocenters. The van der Waals surface area contributed by atoms with Gasteiger partial charge in [0.25, 0.3) is 5.91 Å². The monoisotopic (exact) mass is 315 g/mol. The Morgan fingerprint density at radius 1 is 1.26 bits per heavy atom. The number of carboxylic acid groups (broad SMARTS) is 1. The van der Waals surface area contributed by atoms with Gasteiger partial charge in [-0.05, 0) is 26.3 Å². The second kappa shape index (κ2) is 7.09. The van der Waals surface area contributed by atoms with Gasteiger partial charge >= 0.3 is 5.97 Å². The van der Waals surface area contributed by atoms with E-state index in [2.05, 4.69) is 10.4 Å². The van der Waals surface area contributed by atoms with Crippen LogP contribution in [0, 0.1) is 6.92 Å². The third kappa shape index (κ3) is 3.97. The maximum atomic E-state index is 12.4. The van der Waals surface area contributed by atoms with Crippen LogP contribution in [0.2, 0.25) is 0 Å². The quantitative estimate of drug-likeness (QED) is 0.856. The Labute approximate surface area is 135 Å². The van der Waals surface area contributed by atoms with E-state index in [9.17, 15) is 14.7 Å². The van der Waals surface area contributed by atoms with Crippen molar-refractivity contribution in [3.63, 3.8) is 0 Å². The predicted molar refractivity (Wildman–Crippen MR) is 86.4 cm³/mol. The highest BCUT2D eigenvalue weighted by molar-refractivity contribution is 5.97. The number of nitrogens with one attached hydrogen (secondary N) is 1. The van der Waals surface area contributed by atoms with Crippen LogP contribution < -0.4 is 5.32 Å². The predicted octanol–water partition coefficient (Wildman–Crippen LogP) is 2.20. The van der Waals surface area contributed by atoms with Gasteiger partial charge in [-0.3, -0.25) is 9.48 Å². The zero-order valence-corrected chi connectivity index (χ0v) is 13.5. The molecule has 2 rings (SSSR count). The number of carbonyl (C=O) groups excluding carboxylic acids is 1. The van der Waals surface area contributed by atoms with E-state index in [4.69, 9.17) is 0 Å². The highest BCUT2D eigenvalue weighted by Crippen LogP contribution is 2.13. The zero-order chi connectivity index (χ0) is 17.0. The van der Waals surface area contributed by atoms with Crippen molar-refractivity contribution < 1.29 is 14.7 Å². The number of aliphatic carboxylic acids is 1. The molecule has 0 fully saturated rings. The summed E-state index contributed by atoms with van der Waals surface area (Å²) in [6.45, 7) is 5.74. The fourth-order valence-corrected chi connectivity index (χ4v) is 2.45. The van der Waals surface area contributed by atoms with Crippen molar-refractivity contribution in [3.05, 3.63) is 53.3 Å². The fourth-order valence-electron chi connectivity index (χ4n) is 2.45. The van der Waals surface area contributed by atoms with Crippen molar-refractivity contribution in [3.8, 4) is 0 Å². The minimum atomic E-state index is -1.06. The largest absolute Gasteiger partial charge is 0.480 e. The third-order valence-electron chi connectivity index (χ3n) is 3.66. The minimum absolute atomic E-state index is 0.135. The molecule has 1 atom stereocenters. The number of hydrogen-bond acceptors (Lipinski definition) is 3. The molecule has 0 saturated heterocycles. The molecule has 1 aromatic heterocycles. The number of benzene rings is 1. The van der Waals surface area contributed by atoms with Crippen LogP contribution in [0.5, 0.6) is 0 Å². The van der Waals surface area contributed by atoms with Gasteiger partial charge in [-0.15, -0.1) is 0 Å². The van der Waals surface area contributed by atoms with Gasteiger partial charge in [0.1, 0.15) is 6.04 Å². The molecule has 0 spiro atoms. The Hall–Kier alpha value is -2.63. The Morgan fingerprint density at radius 2 is 1.91 bits per heavy atom. The lowest BCUT2D eigenvalue weighted by Gasteiger charge is -2.15. The summed E-state index contributed by atoms with van der Waals surface area (Å²) in [5.74, 6) is -1.48. The van der Waals surface area contributed by atoms with Crippen molar-refractivity contribution in [2.24, 2.45) is 0 Å². The van der Waals surface area contributed by atoms with Crippen LogP contribution in [0.4, 0.5) is 0 Å². The average molecular weight is 315 g/mol. The molecule has 6 heteroatoms. The Kier molecular flexibility index (Phi) is 5.16. The maximum absolute atomic E-state index is 12.4. The number of hydrogen-bond donors (Lipinski definition) is 2. The smallest absolute Gasteiger partial charge is 0.326 e. The number of carbonyl (C=O) groups is 2. The fraction of sp³-hybridized carbons (Fsp3) is 0.353. The van der Waals surface area contributed by atoms with Gasteiger partial charge in [0.2, 0.25) is 0 Å². The molecule has 2 aromatic rings. The minimum Gasteiger partial charge on any atom is -0.480 e. The number of amides is 1. The molecule has 1 aromatic carbocycles. The topological polar surface area (TPSA) is 84.2 Å². The Morgan fingerprint density at radius 3 is 2.43 bits per heavy atom. The molecule has 1 amide bonds. The first-order valence-corrected chi connectivity index (χ1v) is 7.52. The lowest BCUT2D eigenvalue weighted by atomic mass is 10.1. The first-order valence-electron chi connectivity index (χ1n) is 7.52. The van der Waals surface area contributed by atoms with Crippen LogP contribution in [0.15, 0.2) is 36.5 Å². The van der Waals surface area contributed by atoms with Gasteiger partial charge < -0.3 is 10.4 Å². The molecule has 122 valence electrons. The number of aromatic nitrogens is 2. The second-order valence-corrected chi connectivity index (χ2v) is 5.74. The summed E-state index contributed by atoms with van der Waals surface area (Å²) in [5.41, 5.74) is 1.98. The summed E-state index contributed by atoms with van der Waals surface area (Å²) in [6.07, 6.45) is 1.71. The summed E-state index contributed by atoms with van der Waals surface area (Å²) in [7, 11) is 0. The molecule has 0 aliphatic rings. The van der Waals surface area contributed by atoms with E-state index in [0.717, 1.165) is 11.3 Å². The SMILES string of the molecule is Cc1c(C(=O)N[C@@H](Cc2ccccc2)C(=O)O)cnn1C(C)C. The van der Waals surface area contributed by atoms with Crippen molar-refractivity contribution in [1.82, 2.24) is 15.1 Å². The standard InChI is InChI=1S/C17H21N3O3/c1-11(2)20-12(3)14(10-18-20)16(21)19-15(17(22)23)9-13-7-5-4-6-8-13/h4-8,10-11,15H,9H2,1-3H3,(H,19,21)(H,22,23)/t15-/m0/s1. The van der Waals surface area contributed by atoms with Crippen molar-refractivity contribution >= 4 is 11.9 Å². The van der Waals surface area contributed by atoms with Crippen LogP contribution in [-0.2, 0) is 11.2 Å². The van der Waals surface area contributed by atoms with Crippen molar-refractivity contribution in [1.29, 1.82) is 0 Å². The summed E-state index contributed by atoms with van der Waals surface area (Å²) in [5, 5.41) is 16.1. The van der Waals surface area contributed by atoms with E-state index < -0.39 is 17.9 Å². The Balaban J connectivity index is 2.14. The summed E-state index contributed by atoms with van der Waals surface area (Å²) in [6, 6.07) is 8.37. The van der Waals surface area contributed by atoms with Gasteiger partial charge in [0.05, 0.1) is 11.8 Å². The number of carboxylic acids is 1. The van der Waals surface area contributed by atoms with Crippen LogP contribution in [0.1, 0.15) is 41.5 Å². The van der Waals surface area contributed by atoms with Crippen LogP contribution in [0.25, 0.3) is 0 Å². The molecule has 0 aliphatic heterocycles. The first-order chi connectivity index (χ1) is 10.9. The highest BCUT2D eigenvalue weighted by Gasteiger charge is 2.23. The molecule has 6 nitrogen and oxygen atoms in total. The molecular weight excluding hydrogens is 294 g/mol. The first kappa shape index (κ1) is 16.7. The van der Waals surface area contributed by atoms with Crippen molar-refractivity contribution in [2.45, 2.75) is 39.3 Å². The van der Waals surface area contributed by atoms with E-state index in [0.29, 0.717) is 5.56 Å². The molecule has 0 bridgehead atoms. The van der Waals surface area contributed by atoms with Gasteiger partial charge in [-0.25, -0.2) is 4.79 Å². The van der Waals surface area contributed by atoms with Crippen LogP contribution in [0.3, 0.4) is 0 Å². The number of nitrogens with zero attached hydrogens (tertiary/aromatic N) is 2. The van der Waals surface area contributed by atoms with Crippen LogP contribution in [-0.4, -0.2) is 32.8 Å². The lowest BCUT2D eigenvalue weighted by molar-refractivity contribution is -0.139. The Bertz CT molecular complexity index is 692. The maximum Gasteiger partial charge on any atom is 0.326 e.